The van der Waals surface area contributed by atoms with Crippen LogP contribution < -0.4 is 10.9 Å². The summed E-state index contributed by atoms with van der Waals surface area (Å²) in [5.74, 6) is -0.463. The SMILES string of the molecule is O=C(Nc1nccs1)c1cccn(Cc2ccc(Cl)cc2)c1=O. The van der Waals surface area contributed by atoms with Gasteiger partial charge in [-0.2, -0.15) is 0 Å². The van der Waals surface area contributed by atoms with Crippen molar-refractivity contribution in [1.29, 1.82) is 0 Å². The van der Waals surface area contributed by atoms with E-state index in [0.717, 1.165) is 5.56 Å². The van der Waals surface area contributed by atoms with Crippen LogP contribution in [0, 0.1) is 0 Å². The van der Waals surface area contributed by atoms with Crippen LogP contribution in [0.1, 0.15) is 15.9 Å². The van der Waals surface area contributed by atoms with Crippen LogP contribution >= 0.6 is 22.9 Å². The molecular formula is C16H12ClN3O2S. The van der Waals surface area contributed by atoms with E-state index in [-0.39, 0.29) is 11.1 Å². The van der Waals surface area contributed by atoms with Crippen molar-refractivity contribution in [1.82, 2.24) is 9.55 Å². The van der Waals surface area contributed by atoms with Crippen LogP contribution in [0.5, 0.6) is 0 Å². The number of nitrogens with one attached hydrogen (secondary N) is 1. The second-order valence-corrected chi connectivity index (χ2v) is 6.10. The Morgan fingerprint density at radius 2 is 2.04 bits per heavy atom. The van der Waals surface area contributed by atoms with E-state index in [1.54, 1.807) is 36.0 Å². The minimum atomic E-state index is -0.463. The van der Waals surface area contributed by atoms with E-state index < -0.39 is 5.91 Å². The molecule has 0 radical (unpaired) electrons. The van der Waals surface area contributed by atoms with Gasteiger partial charge in [0.1, 0.15) is 5.56 Å². The molecule has 7 heteroatoms. The molecule has 0 unspecified atom stereocenters. The zero-order chi connectivity index (χ0) is 16.2. The van der Waals surface area contributed by atoms with Crippen molar-refractivity contribution in [3.05, 3.63) is 80.7 Å². The van der Waals surface area contributed by atoms with E-state index in [2.05, 4.69) is 10.3 Å². The third-order valence-corrected chi connectivity index (χ3v) is 4.12. The lowest BCUT2D eigenvalue weighted by Gasteiger charge is -2.08. The molecule has 1 amide bonds. The van der Waals surface area contributed by atoms with E-state index in [0.29, 0.717) is 16.7 Å². The van der Waals surface area contributed by atoms with Crippen molar-refractivity contribution in [2.75, 3.05) is 5.32 Å². The average Bonchev–Trinajstić information content (AvgIpc) is 3.04. The van der Waals surface area contributed by atoms with Gasteiger partial charge in [-0.3, -0.25) is 14.9 Å². The fourth-order valence-electron chi connectivity index (χ4n) is 2.07. The fraction of sp³-hybridized carbons (Fsp3) is 0.0625. The Morgan fingerprint density at radius 3 is 2.74 bits per heavy atom. The van der Waals surface area contributed by atoms with Crippen LogP contribution in [-0.2, 0) is 6.54 Å². The van der Waals surface area contributed by atoms with Crippen LogP contribution in [0.2, 0.25) is 5.02 Å². The second-order valence-electron chi connectivity index (χ2n) is 4.77. The number of thiazole rings is 1. The van der Waals surface area contributed by atoms with E-state index in [1.807, 2.05) is 12.1 Å². The number of benzene rings is 1. The number of hydrogen-bond donors (Lipinski definition) is 1. The van der Waals surface area contributed by atoms with Gasteiger partial charge in [0, 0.05) is 22.8 Å². The van der Waals surface area contributed by atoms with Crippen molar-refractivity contribution < 1.29 is 4.79 Å². The van der Waals surface area contributed by atoms with Crippen LogP contribution in [-0.4, -0.2) is 15.5 Å². The summed E-state index contributed by atoms with van der Waals surface area (Å²) in [4.78, 5) is 28.7. The van der Waals surface area contributed by atoms with Gasteiger partial charge in [0.05, 0.1) is 6.54 Å². The summed E-state index contributed by atoms with van der Waals surface area (Å²) in [6, 6.07) is 10.4. The third-order valence-electron chi connectivity index (χ3n) is 3.18. The van der Waals surface area contributed by atoms with Crippen molar-refractivity contribution in [2.45, 2.75) is 6.54 Å². The molecule has 0 aliphatic rings. The summed E-state index contributed by atoms with van der Waals surface area (Å²) < 4.78 is 1.49. The van der Waals surface area contributed by atoms with E-state index >= 15 is 0 Å². The van der Waals surface area contributed by atoms with Crippen molar-refractivity contribution >= 4 is 34.0 Å². The Balaban J connectivity index is 1.84. The maximum atomic E-state index is 12.5. The Bertz CT molecular complexity index is 873. The molecule has 0 fully saturated rings. The van der Waals surface area contributed by atoms with Crippen LogP contribution in [0.3, 0.4) is 0 Å². The number of aromatic nitrogens is 2. The maximum absolute atomic E-state index is 12.5. The summed E-state index contributed by atoms with van der Waals surface area (Å²) in [6.45, 7) is 0.369. The molecule has 3 aromatic rings. The predicted molar refractivity (Wildman–Crippen MR) is 91.3 cm³/mol. The van der Waals surface area contributed by atoms with Gasteiger partial charge in [-0.05, 0) is 29.8 Å². The first-order valence-corrected chi connectivity index (χ1v) is 8.04. The number of rotatable bonds is 4. The zero-order valence-electron chi connectivity index (χ0n) is 11.9. The van der Waals surface area contributed by atoms with E-state index in [9.17, 15) is 9.59 Å². The van der Waals surface area contributed by atoms with Gasteiger partial charge in [0.25, 0.3) is 11.5 Å². The highest BCUT2D eigenvalue weighted by atomic mass is 35.5. The summed E-state index contributed by atoms with van der Waals surface area (Å²) in [7, 11) is 0. The van der Waals surface area contributed by atoms with Gasteiger partial charge in [-0.15, -0.1) is 11.3 Å². The Labute approximate surface area is 141 Å². The number of nitrogens with zero attached hydrogens (tertiary/aromatic N) is 2. The number of anilines is 1. The first kappa shape index (κ1) is 15.5. The smallest absolute Gasteiger partial charge is 0.263 e. The zero-order valence-corrected chi connectivity index (χ0v) is 13.5. The minimum absolute atomic E-state index is 0.0802. The largest absolute Gasteiger partial charge is 0.310 e. The molecule has 2 aromatic heterocycles. The molecule has 3 rings (SSSR count). The van der Waals surface area contributed by atoms with Crippen LogP contribution in [0.25, 0.3) is 0 Å². The monoisotopic (exact) mass is 345 g/mol. The van der Waals surface area contributed by atoms with Gasteiger partial charge in [-0.25, -0.2) is 4.98 Å². The van der Waals surface area contributed by atoms with Crippen LogP contribution in [0.4, 0.5) is 5.13 Å². The Morgan fingerprint density at radius 1 is 1.26 bits per heavy atom. The standard InChI is InChI=1S/C16H12ClN3O2S/c17-12-5-3-11(4-6-12)10-20-8-1-2-13(15(20)22)14(21)19-16-18-7-9-23-16/h1-9H,10H2,(H,18,19,21). The lowest BCUT2D eigenvalue weighted by Crippen LogP contribution is -2.28. The van der Waals surface area contributed by atoms with Gasteiger partial charge in [0.2, 0.25) is 0 Å². The molecule has 0 saturated heterocycles. The quantitative estimate of drug-likeness (QED) is 0.789. The molecule has 1 aromatic carbocycles. The number of halogens is 1. The van der Waals surface area contributed by atoms with Crippen LogP contribution in [0.15, 0.2) is 59.0 Å². The molecule has 0 aliphatic carbocycles. The summed E-state index contributed by atoms with van der Waals surface area (Å²) in [6.07, 6.45) is 3.24. The number of carbonyl (C=O) groups excluding carboxylic acids is 1. The molecule has 0 atom stereocenters. The molecular weight excluding hydrogens is 334 g/mol. The summed E-state index contributed by atoms with van der Waals surface area (Å²) in [5.41, 5.74) is 0.655. The Hall–Kier alpha value is -2.44. The molecule has 0 spiro atoms. The predicted octanol–water partition coefficient (Wildman–Crippen LogP) is 3.26. The molecule has 0 bridgehead atoms. The van der Waals surface area contributed by atoms with Gasteiger partial charge >= 0.3 is 0 Å². The number of carbonyl (C=O) groups is 1. The first-order chi connectivity index (χ1) is 11.1. The highest BCUT2D eigenvalue weighted by Gasteiger charge is 2.13. The van der Waals surface area contributed by atoms with Gasteiger partial charge < -0.3 is 4.57 Å². The highest BCUT2D eigenvalue weighted by Crippen LogP contribution is 2.12. The Kier molecular flexibility index (Phi) is 4.55. The molecule has 23 heavy (non-hydrogen) atoms. The summed E-state index contributed by atoms with van der Waals surface area (Å²) in [5, 5.41) is 5.46. The fourth-order valence-corrected chi connectivity index (χ4v) is 2.72. The molecule has 0 saturated carbocycles. The van der Waals surface area contributed by atoms with E-state index in [1.165, 1.54) is 22.0 Å². The number of amides is 1. The highest BCUT2D eigenvalue weighted by molar-refractivity contribution is 7.13. The number of hydrogen-bond acceptors (Lipinski definition) is 4. The average molecular weight is 346 g/mol. The van der Waals surface area contributed by atoms with Crippen molar-refractivity contribution in [2.24, 2.45) is 0 Å². The lowest BCUT2D eigenvalue weighted by atomic mass is 10.2. The minimum Gasteiger partial charge on any atom is -0.310 e. The normalized spacial score (nSPS) is 10.5. The van der Waals surface area contributed by atoms with Crippen molar-refractivity contribution in [3.63, 3.8) is 0 Å². The molecule has 1 N–H and O–H groups in total. The van der Waals surface area contributed by atoms with E-state index in [4.69, 9.17) is 11.6 Å². The van der Waals surface area contributed by atoms with Gasteiger partial charge in [0.15, 0.2) is 5.13 Å². The number of pyridine rings is 1. The molecule has 2 heterocycles. The summed E-state index contributed by atoms with van der Waals surface area (Å²) >= 11 is 7.15. The second kappa shape index (κ2) is 6.76. The third kappa shape index (κ3) is 3.67. The maximum Gasteiger partial charge on any atom is 0.263 e. The van der Waals surface area contributed by atoms with Gasteiger partial charge in [-0.1, -0.05) is 23.7 Å². The van der Waals surface area contributed by atoms with Crippen molar-refractivity contribution in [3.8, 4) is 0 Å². The molecule has 5 nitrogen and oxygen atoms in total. The lowest BCUT2D eigenvalue weighted by molar-refractivity contribution is 0.102. The first-order valence-electron chi connectivity index (χ1n) is 6.78. The molecule has 0 aliphatic heterocycles. The molecule has 116 valence electrons. The topological polar surface area (TPSA) is 64.0 Å².